The molecule has 0 saturated carbocycles. The summed E-state index contributed by atoms with van der Waals surface area (Å²) in [5.41, 5.74) is 3.10. The number of nitrogens with zero attached hydrogens (tertiary/aromatic N) is 1. The third-order valence-electron chi connectivity index (χ3n) is 2.25. The molecule has 0 fully saturated rings. The average Bonchev–Trinajstić information content (AvgIpc) is 2.70. The number of rotatable bonds is 3. The van der Waals surface area contributed by atoms with Crippen molar-refractivity contribution in [2.75, 3.05) is 0 Å². The van der Waals surface area contributed by atoms with E-state index in [2.05, 4.69) is 30.8 Å². The monoisotopic (exact) mass is 213 g/mol. The van der Waals surface area contributed by atoms with Gasteiger partial charge in [0.05, 0.1) is 10.2 Å². The van der Waals surface area contributed by atoms with Crippen LogP contribution >= 0.6 is 11.3 Å². The molecule has 0 radical (unpaired) electrons. The molecule has 0 aliphatic heterocycles. The molecule has 74 valence electrons. The maximum Gasteiger partial charge on any atom is 0.116 e. The fraction of sp³-hybridized carbons (Fsp3) is 0. The van der Waals surface area contributed by atoms with E-state index in [4.69, 9.17) is 0 Å². The highest BCUT2D eigenvalue weighted by Gasteiger charge is 2.07. The zero-order valence-electron chi connectivity index (χ0n) is 8.36. The van der Waals surface area contributed by atoms with Crippen molar-refractivity contribution in [2.45, 2.75) is 0 Å². The van der Waals surface area contributed by atoms with Crippen LogP contribution in [0.15, 0.2) is 31.9 Å². The Morgan fingerprint density at radius 1 is 1.07 bits per heavy atom. The Hall–Kier alpha value is -1.67. The number of aromatic nitrogens is 1. The largest absolute Gasteiger partial charge is 0.236 e. The Kier molecular flexibility index (Phi) is 2.52. The lowest BCUT2D eigenvalue weighted by atomic mass is 10.1. The van der Waals surface area contributed by atoms with Gasteiger partial charge in [-0.2, -0.15) is 0 Å². The van der Waals surface area contributed by atoms with Gasteiger partial charge in [0.2, 0.25) is 0 Å². The van der Waals surface area contributed by atoms with Crippen LogP contribution in [0.2, 0.25) is 0 Å². The minimum atomic E-state index is 0.939. The minimum absolute atomic E-state index is 0.939. The predicted octanol–water partition coefficient (Wildman–Crippen LogP) is 4.23. The summed E-state index contributed by atoms with van der Waals surface area (Å²) in [4.78, 5) is 4.49. The van der Waals surface area contributed by atoms with E-state index in [1.165, 1.54) is 0 Å². The van der Waals surface area contributed by atoms with Crippen LogP contribution in [0.1, 0.15) is 16.1 Å². The molecule has 0 N–H and O–H groups in total. The fourth-order valence-corrected chi connectivity index (χ4v) is 2.36. The molecule has 0 bridgehead atoms. The first-order valence-electron chi connectivity index (χ1n) is 4.61. The molecule has 0 saturated heterocycles. The van der Waals surface area contributed by atoms with E-state index in [0.29, 0.717) is 0 Å². The van der Waals surface area contributed by atoms with E-state index in [1.54, 1.807) is 17.4 Å². The van der Waals surface area contributed by atoms with Crippen LogP contribution in [0, 0.1) is 0 Å². The summed E-state index contributed by atoms with van der Waals surface area (Å²) in [5, 5.41) is 0.939. The van der Waals surface area contributed by atoms with Gasteiger partial charge < -0.3 is 0 Å². The van der Waals surface area contributed by atoms with Crippen molar-refractivity contribution >= 4 is 39.8 Å². The number of hydrogen-bond donors (Lipinski definition) is 0. The van der Waals surface area contributed by atoms with Crippen molar-refractivity contribution < 1.29 is 0 Å². The molecular formula is C13H11NS. The second kappa shape index (κ2) is 3.83. The zero-order chi connectivity index (χ0) is 10.8. The molecule has 0 atom stereocenters. The molecule has 0 unspecified atom stereocenters. The Labute approximate surface area is 93.1 Å². The van der Waals surface area contributed by atoms with Gasteiger partial charge in [-0.05, 0) is 17.7 Å². The van der Waals surface area contributed by atoms with Crippen molar-refractivity contribution in [3.05, 3.63) is 48.0 Å². The standard InChI is InChI=1S/C13H11NS/c1-4-9-7-8-11-13(10(9)5-2)14-12(6-3)15-11/h4-8H,1-3H2. The minimum Gasteiger partial charge on any atom is -0.236 e. The van der Waals surface area contributed by atoms with Gasteiger partial charge in [-0.25, -0.2) is 4.98 Å². The first kappa shape index (κ1) is 9.87. The van der Waals surface area contributed by atoms with E-state index in [9.17, 15) is 0 Å². The summed E-state index contributed by atoms with van der Waals surface area (Å²) < 4.78 is 1.16. The van der Waals surface area contributed by atoms with Crippen molar-refractivity contribution in [3.8, 4) is 0 Å². The first-order chi connectivity index (χ1) is 7.30. The lowest BCUT2D eigenvalue weighted by molar-refractivity contribution is 1.45. The van der Waals surface area contributed by atoms with Gasteiger partial charge in [0.25, 0.3) is 0 Å². The summed E-state index contributed by atoms with van der Waals surface area (Å²) in [6.45, 7) is 11.3. The highest BCUT2D eigenvalue weighted by Crippen LogP contribution is 2.29. The SMILES string of the molecule is C=Cc1nc2c(C=C)c(C=C)ccc2s1. The molecule has 0 amide bonds. The molecule has 1 aromatic carbocycles. The molecule has 2 aromatic rings. The van der Waals surface area contributed by atoms with Crippen molar-refractivity contribution in [2.24, 2.45) is 0 Å². The van der Waals surface area contributed by atoms with Crippen molar-refractivity contribution in [1.29, 1.82) is 0 Å². The van der Waals surface area contributed by atoms with E-state index >= 15 is 0 Å². The quantitative estimate of drug-likeness (QED) is 0.743. The molecule has 15 heavy (non-hydrogen) atoms. The molecule has 0 aliphatic carbocycles. The van der Waals surface area contributed by atoms with Gasteiger partial charge in [-0.1, -0.05) is 38.0 Å². The number of benzene rings is 1. The van der Waals surface area contributed by atoms with Gasteiger partial charge in [-0.15, -0.1) is 11.3 Å². The smallest absolute Gasteiger partial charge is 0.116 e. The van der Waals surface area contributed by atoms with Gasteiger partial charge in [0.15, 0.2) is 0 Å². The number of hydrogen-bond acceptors (Lipinski definition) is 2. The van der Waals surface area contributed by atoms with E-state index < -0.39 is 0 Å². The van der Waals surface area contributed by atoms with Crippen molar-refractivity contribution in [1.82, 2.24) is 4.98 Å². The maximum absolute atomic E-state index is 4.49. The van der Waals surface area contributed by atoms with Gasteiger partial charge in [0.1, 0.15) is 5.01 Å². The van der Waals surface area contributed by atoms with Crippen LogP contribution in [0.25, 0.3) is 28.4 Å². The predicted molar refractivity (Wildman–Crippen MR) is 69.9 cm³/mol. The lowest BCUT2D eigenvalue weighted by Gasteiger charge is -2.00. The summed E-state index contributed by atoms with van der Waals surface area (Å²) >= 11 is 1.63. The summed E-state index contributed by atoms with van der Waals surface area (Å²) in [5.74, 6) is 0. The maximum atomic E-state index is 4.49. The highest BCUT2D eigenvalue weighted by molar-refractivity contribution is 7.19. The topological polar surface area (TPSA) is 12.9 Å². The molecule has 2 heteroatoms. The normalized spacial score (nSPS) is 10.1. The molecule has 1 heterocycles. The molecular weight excluding hydrogens is 202 g/mol. The highest BCUT2D eigenvalue weighted by atomic mass is 32.1. The molecule has 1 aromatic heterocycles. The second-order valence-corrected chi connectivity index (χ2v) is 4.14. The van der Waals surface area contributed by atoms with Gasteiger partial charge in [0, 0.05) is 5.56 Å². The van der Waals surface area contributed by atoms with Gasteiger partial charge in [-0.3, -0.25) is 0 Å². The van der Waals surface area contributed by atoms with E-state index in [0.717, 1.165) is 26.4 Å². The second-order valence-electron chi connectivity index (χ2n) is 3.08. The lowest BCUT2D eigenvalue weighted by Crippen LogP contribution is -1.82. The van der Waals surface area contributed by atoms with Crippen LogP contribution in [0.3, 0.4) is 0 Å². The Morgan fingerprint density at radius 2 is 1.87 bits per heavy atom. The third-order valence-corrected chi connectivity index (χ3v) is 3.27. The Balaban J connectivity index is 2.85. The Bertz CT molecular complexity index is 549. The third kappa shape index (κ3) is 1.53. The van der Waals surface area contributed by atoms with Crippen LogP contribution in [0.5, 0.6) is 0 Å². The van der Waals surface area contributed by atoms with Crippen LogP contribution < -0.4 is 0 Å². The van der Waals surface area contributed by atoms with Crippen LogP contribution in [-0.4, -0.2) is 4.98 Å². The first-order valence-corrected chi connectivity index (χ1v) is 5.42. The molecule has 2 rings (SSSR count). The average molecular weight is 213 g/mol. The zero-order valence-corrected chi connectivity index (χ0v) is 9.18. The summed E-state index contributed by atoms with van der Waals surface area (Å²) in [6.07, 6.45) is 5.42. The number of thiazole rings is 1. The van der Waals surface area contributed by atoms with Crippen LogP contribution in [-0.2, 0) is 0 Å². The molecule has 1 nitrogen and oxygen atoms in total. The Morgan fingerprint density at radius 3 is 2.47 bits per heavy atom. The number of fused-ring (bicyclic) bond motifs is 1. The molecule has 0 spiro atoms. The molecule has 0 aliphatic rings. The summed E-state index contributed by atoms with van der Waals surface area (Å²) in [7, 11) is 0. The van der Waals surface area contributed by atoms with E-state index in [1.807, 2.05) is 18.2 Å². The van der Waals surface area contributed by atoms with Crippen molar-refractivity contribution in [3.63, 3.8) is 0 Å². The fourth-order valence-electron chi connectivity index (χ4n) is 1.53. The van der Waals surface area contributed by atoms with Gasteiger partial charge >= 0.3 is 0 Å². The van der Waals surface area contributed by atoms with Crippen LogP contribution in [0.4, 0.5) is 0 Å². The van der Waals surface area contributed by atoms with E-state index in [-0.39, 0.29) is 0 Å². The summed E-state index contributed by atoms with van der Waals surface area (Å²) in [6, 6.07) is 4.10.